The van der Waals surface area contributed by atoms with E-state index in [4.69, 9.17) is 0 Å². The Hall–Kier alpha value is -2.80. The lowest BCUT2D eigenvalue weighted by molar-refractivity contribution is 0.112. The molecule has 0 aliphatic carbocycles. The molecule has 1 aliphatic heterocycles. The maximum atomic E-state index is 10.9. The number of nitriles is 1. The zero-order valence-electron chi connectivity index (χ0n) is 11.8. The molecule has 4 heteroatoms. The summed E-state index contributed by atoms with van der Waals surface area (Å²) in [6, 6.07) is 15.6. The molecule has 0 saturated carbocycles. The normalized spacial score (nSPS) is 13.5. The lowest BCUT2D eigenvalue weighted by Crippen LogP contribution is -2.36. The van der Waals surface area contributed by atoms with E-state index in [9.17, 15) is 10.1 Å². The van der Waals surface area contributed by atoms with E-state index >= 15 is 0 Å². The zero-order chi connectivity index (χ0) is 14.8. The molecule has 4 nitrogen and oxygen atoms in total. The first-order valence-electron chi connectivity index (χ1n) is 6.81. The molecule has 1 aliphatic rings. The van der Waals surface area contributed by atoms with Crippen LogP contribution in [-0.2, 0) is 0 Å². The quantitative estimate of drug-likeness (QED) is 0.792. The zero-order valence-corrected chi connectivity index (χ0v) is 11.8. The first kappa shape index (κ1) is 13.2. The van der Waals surface area contributed by atoms with Crippen LogP contribution in [0.5, 0.6) is 0 Å². The molecular weight excluding hydrogens is 262 g/mol. The number of hydrogen-bond acceptors (Lipinski definition) is 4. The van der Waals surface area contributed by atoms with Gasteiger partial charge in [-0.2, -0.15) is 5.26 Å². The van der Waals surface area contributed by atoms with E-state index in [1.165, 1.54) is 0 Å². The third kappa shape index (κ3) is 2.23. The second-order valence-electron chi connectivity index (χ2n) is 5.07. The van der Waals surface area contributed by atoms with Crippen molar-refractivity contribution in [3.63, 3.8) is 0 Å². The smallest absolute Gasteiger partial charge is 0.150 e. The van der Waals surface area contributed by atoms with Gasteiger partial charge < -0.3 is 9.80 Å². The average molecular weight is 277 g/mol. The Balaban J connectivity index is 2.12. The van der Waals surface area contributed by atoms with Crippen LogP contribution in [0.3, 0.4) is 0 Å². The number of rotatable bonds is 2. The van der Waals surface area contributed by atoms with Crippen molar-refractivity contribution in [2.24, 2.45) is 0 Å². The van der Waals surface area contributed by atoms with Crippen LogP contribution in [-0.4, -0.2) is 26.4 Å². The van der Waals surface area contributed by atoms with Crippen molar-refractivity contribution in [1.82, 2.24) is 0 Å². The highest BCUT2D eigenvalue weighted by molar-refractivity contribution is 5.84. The van der Waals surface area contributed by atoms with Gasteiger partial charge in [0.2, 0.25) is 0 Å². The van der Waals surface area contributed by atoms with Gasteiger partial charge in [-0.25, -0.2) is 0 Å². The number of hydrogen-bond donors (Lipinski definition) is 0. The van der Waals surface area contributed by atoms with Crippen molar-refractivity contribution in [2.75, 3.05) is 29.9 Å². The molecule has 0 saturated heterocycles. The van der Waals surface area contributed by atoms with Crippen molar-refractivity contribution in [2.45, 2.75) is 0 Å². The highest BCUT2D eigenvalue weighted by Crippen LogP contribution is 2.38. The molecule has 0 spiro atoms. The van der Waals surface area contributed by atoms with Crippen LogP contribution in [0.4, 0.5) is 17.1 Å². The average Bonchev–Trinajstić information content (AvgIpc) is 2.55. The summed E-state index contributed by atoms with van der Waals surface area (Å²) in [6.07, 6.45) is 0.766. The summed E-state index contributed by atoms with van der Waals surface area (Å²) in [6.45, 7) is 1.69. The van der Waals surface area contributed by atoms with Crippen LogP contribution in [0.25, 0.3) is 0 Å². The standard InChI is InChI=1S/C17H15N3O/c1-19-8-9-20(17-5-3-2-4-16(17)19)15-7-6-13(12-21)10-14(15)11-18/h2-7,10,12H,8-9H2,1H3. The van der Waals surface area contributed by atoms with Gasteiger partial charge in [0.25, 0.3) is 0 Å². The number of nitrogens with zero attached hydrogens (tertiary/aromatic N) is 3. The molecule has 2 aromatic rings. The summed E-state index contributed by atoms with van der Waals surface area (Å²) in [4.78, 5) is 15.2. The summed E-state index contributed by atoms with van der Waals surface area (Å²) in [7, 11) is 2.07. The minimum atomic E-state index is 0.526. The Labute approximate surface area is 123 Å². The molecule has 0 bridgehead atoms. The number of benzene rings is 2. The fourth-order valence-electron chi connectivity index (χ4n) is 2.71. The lowest BCUT2D eigenvalue weighted by atomic mass is 10.1. The first-order valence-corrected chi connectivity index (χ1v) is 6.81. The summed E-state index contributed by atoms with van der Waals surface area (Å²) in [5.41, 5.74) is 4.13. The predicted octanol–water partition coefficient (Wildman–Crippen LogP) is 2.96. The van der Waals surface area contributed by atoms with Crippen LogP contribution in [0.2, 0.25) is 0 Å². The van der Waals surface area contributed by atoms with Gasteiger partial charge in [-0.05, 0) is 30.3 Å². The van der Waals surface area contributed by atoms with Gasteiger partial charge in [-0.1, -0.05) is 12.1 Å². The summed E-state index contributed by atoms with van der Waals surface area (Å²) in [5, 5.41) is 9.37. The van der Waals surface area contributed by atoms with Gasteiger partial charge >= 0.3 is 0 Å². The van der Waals surface area contributed by atoms with Gasteiger partial charge in [-0.15, -0.1) is 0 Å². The van der Waals surface area contributed by atoms with E-state index < -0.39 is 0 Å². The van der Waals surface area contributed by atoms with Crippen molar-refractivity contribution in [3.05, 3.63) is 53.6 Å². The maximum Gasteiger partial charge on any atom is 0.150 e. The summed E-state index contributed by atoms with van der Waals surface area (Å²) in [5.74, 6) is 0. The van der Waals surface area contributed by atoms with E-state index in [1.807, 2.05) is 18.2 Å². The van der Waals surface area contributed by atoms with Crippen molar-refractivity contribution in [3.8, 4) is 6.07 Å². The maximum absolute atomic E-state index is 10.9. The lowest BCUT2D eigenvalue weighted by Gasteiger charge is -2.37. The highest BCUT2D eigenvalue weighted by atomic mass is 16.1. The molecule has 3 rings (SSSR count). The van der Waals surface area contributed by atoms with Gasteiger partial charge in [-0.3, -0.25) is 4.79 Å². The number of para-hydroxylation sites is 2. The fourth-order valence-corrected chi connectivity index (χ4v) is 2.71. The Morgan fingerprint density at radius 3 is 2.57 bits per heavy atom. The van der Waals surface area contributed by atoms with Gasteiger partial charge in [0.05, 0.1) is 22.6 Å². The molecule has 0 amide bonds. The molecule has 21 heavy (non-hydrogen) atoms. The van der Waals surface area contributed by atoms with Crippen LogP contribution in [0.1, 0.15) is 15.9 Å². The number of fused-ring (bicyclic) bond motifs is 1. The van der Waals surface area contributed by atoms with Crippen LogP contribution < -0.4 is 9.80 Å². The Kier molecular flexibility index (Phi) is 3.33. The van der Waals surface area contributed by atoms with Crippen LogP contribution in [0.15, 0.2) is 42.5 Å². The number of likely N-dealkylation sites (N-methyl/N-ethyl adjacent to an activating group) is 1. The Morgan fingerprint density at radius 2 is 1.86 bits per heavy atom. The van der Waals surface area contributed by atoms with Crippen LogP contribution in [0, 0.1) is 11.3 Å². The summed E-state index contributed by atoms with van der Waals surface area (Å²) < 4.78 is 0. The van der Waals surface area contributed by atoms with Crippen molar-refractivity contribution in [1.29, 1.82) is 5.26 Å². The molecule has 0 atom stereocenters. The number of anilines is 3. The molecular formula is C17H15N3O. The van der Waals surface area contributed by atoms with E-state index in [2.05, 4.69) is 35.0 Å². The SMILES string of the molecule is CN1CCN(c2ccc(C=O)cc2C#N)c2ccccc21. The Bertz CT molecular complexity index is 733. The van der Waals surface area contributed by atoms with E-state index in [-0.39, 0.29) is 0 Å². The van der Waals surface area contributed by atoms with Gasteiger partial charge in [0.1, 0.15) is 12.4 Å². The number of aldehydes is 1. The molecule has 0 unspecified atom stereocenters. The minimum absolute atomic E-state index is 0.526. The monoisotopic (exact) mass is 277 g/mol. The number of carbonyl (C=O) groups is 1. The predicted molar refractivity (Wildman–Crippen MR) is 83.3 cm³/mol. The van der Waals surface area contributed by atoms with Crippen LogP contribution >= 0.6 is 0 Å². The van der Waals surface area contributed by atoms with Gasteiger partial charge in [0, 0.05) is 25.7 Å². The topological polar surface area (TPSA) is 47.3 Å². The Morgan fingerprint density at radius 1 is 1.10 bits per heavy atom. The fraction of sp³-hybridized carbons (Fsp3) is 0.176. The molecule has 1 heterocycles. The molecule has 0 N–H and O–H groups in total. The molecule has 104 valence electrons. The minimum Gasteiger partial charge on any atom is -0.371 e. The second-order valence-corrected chi connectivity index (χ2v) is 5.07. The van der Waals surface area contributed by atoms with Crippen molar-refractivity contribution >= 4 is 23.3 Å². The van der Waals surface area contributed by atoms with E-state index in [0.29, 0.717) is 11.1 Å². The highest BCUT2D eigenvalue weighted by Gasteiger charge is 2.22. The molecule has 0 radical (unpaired) electrons. The third-order valence-electron chi connectivity index (χ3n) is 3.81. The largest absolute Gasteiger partial charge is 0.371 e. The van der Waals surface area contributed by atoms with E-state index in [0.717, 1.165) is 36.4 Å². The molecule has 2 aromatic carbocycles. The van der Waals surface area contributed by atoms with Crippen molar-refractivity contribution < 1.29 is 4.79 Å². The number of carbonyl (C=O) groups excluding carboxylic acids is 1. The summed E-state index contributed by atoms with van der Waals surface area (Å²) >= 11 is 0. The molecule has 0 fully saturated rings. The molecule has 0 aromatic heterocycles. The second kappa shape index (κ2) is 5.29. The van der Waals surface area contributed by atoms with Gasteiger partial charge in [0.15, 0.2) is 0 Å². The van der Waals surface area contributed by atoms with E-state index in [1.54, 1.807) is 12.1 Å². The first-order chi connectivity index (χ1) is 10.2. The third-order valence-corrected chi connectivity index (χ3v) is 3.81.